The Morgan fingerprint density at radius 3 is 2.39 bits per heavy atom. The van der Waals surface area contributed by atoms with E-state index >= 15 is 0 Å². The van der Waals surface area contributed by atoms with E-state index in [2.05, 4.69) is 20.9 Å². The van der Waals surface area contributed by atoms with Gasteiger partial charge in [-0.2, -0.15) is 0 Å². The van der Waals surface area contributed by atoms with E-state index in [9.17, 15) is 9.59 Å². The van der Waals surface area contributed by atoms with E-state index in [0.717, 1.165) is 24.2 Å². The minimum Gasteiger partial charge on any atom is -0.355 e. The molecule has 1 aliphatic heterocycles. The van der Waals surface area contributed by atoms with Crippen LogP contribution in [0, 0.1) is 5.92 Å². The van der Waals surface area contributed by atoms with Gasteiger partial charge in [-0.15, -0.1) is 24.0 Å². The summed E-state index contributed by atoms with van der Waals surface area (Å²) in [5.41, 5.74) is 2.09. The van der Waals surface area contributed by atoms with E-state index in [1.165, 1.54) is 32.1 Å². The average molecular weight is 541 g/mol. The molecule has 0 spiro atoms. The Bertz CT molecular complexity index is 732. The largest absolute Gasteiger partial charge is 0.355 e. The Balaban J connectivity index is 0.00000341. The Morgan fingerprint density at radius 2 is 1.74 bits per heavy atom. The number of carbonyl (C=O) groups is 2. The van der Waals surface area contributed by atoms with Crippen LogP contribution in [0.4, 0.5) is 5.69 Å². The maximum Gasteiger partial charge on any atom is 0.227 e. The minimum absolute atomic E-state index is 0. The van der Waals surface area contributed by atoms with E-state index in [-0.39, 0.29) is 35.8 Å². The van der Waals surface area contributed by atoms with Crippen molar-refractivity contribution in [1.29, 1.82) is 0 Å². The molecule has 1 heterocycles. The number of nitrogens with zero attached hydrogens (tertiary/aromatic N) is 2. The van der Waals surface area contributed by atoms with Gasteiger partial charge in [0.25, 0.3) is 0 Å². The van der Waals surface area contributed by atoms with Gasteiger partial charge in [0.1, 0.15) is 0 Å². The van der Waals surface area contributed by atoms with Crippen LogP contribution in [0.25, 0.3) is 0 Å². The number of carbonyl (C=O) groups excluding carboxylic acids is 2. The fourth-order valence-corrected chi connectivity index (χ4v) is 4.23. The number of amides is 2. The Kier molecular flexibility index (Phi) is 11.1. The summed E-state index contributed by atoms with van der Waals surface area (Å²) in [5.74, 6) is 1.63. The predicted molar refractivity (Wildman–Crippen MR) is 136 cm³/mol. The van der Waals surface area contributed by atoms with Crippen molar-refractivity contribution in [3.8, 4) is 0 Å². The first-order valence-electron chi connectivity index (χ1n) is 11.3. The van der Waals surface area contributed by atoms with Crippen LogP contribution < -0.4 is 20.9 Å². The van der Waals surface area contributed by atoms with Crippen LogP contribution in [0.15, 0.2) is 29.3 Å². The number of nitrogens with one attached hydrogen (secondary N) is 3. The molecule has 1 aromatic carbocycles. The molecule has 31 heavy (non-hydrogen) atoms. The lowest BCUT2D eigenvalue weighted by Gasteiger charge is -2.21. The van der Waals surface area contributed by atoms with Crippen molar-refractivity contribution in [2.24, 2.45) is 10.9 Å². The van der Waals surface area contributed by atoms with Crippen molar-refractivity contribution >= 4 is 47.4 Å². The number of rotatable bonds is 8. The minimum atomic E-state index is 0. The molecule has 1 saturated carbocycles. The zero-order chi connectivity index (χ0) is 21.2. The Hall–Kier alpha value is -1.84. The maximum atomic E-state index is 12.1. The second kappa shape index (κ2) is 13.5. The van der Waals surface area contributed by atoms with Crippen LogP contribution in [0.1, 0.15) is 56.9 Å². The van der Waals surface area contributed by atoms with Gasteiger partial charge in [0.15, 0.2) is 5.96 Å². The molecule has 1 aromatic rings. The summed E-state index contributed by atoms with van der Waals surface area (Å²) < 4.78 is 0. The van der Waals surface area contributed by atoms with Gasteiger partial charge >= 0.3 is 0 Å². The van der Waals surface area contributed by atoms with Gasteiger partial charge < -0.3 is 20.9 Å². The second-order valence-corrected chi connectivity index (χ2v) is 8.23. The lowest BCUT2D eigenvalue weighted by atomic mass is 9.87. The molecule has 0 aromatic heterocycles. The van der Waals surface area contributed by atoms with Crippen molar-refractivity contribution < 1.29 is 9.59 Å². The summed E-state index contributed by atoms with van der Waals surface area (Å²) in [6, 6.07) is 8.07. The second-order valence-electron chi connectivity index (χ2n) is 8.23. The van der Waals surface area contributed by atoms with Crippen LogP contribution >= 0.6 is 24.0 Å². The van der Waals surface area contributed by atoms with Gasteiger partial charge in [0, 0.05) is 51.8 Å². The lowest BCUT2D eigenvalue weighted by Crippen LogP contribution is -2.41. The lowest BCUT2D eigenvalue weighted by molar-refractivity contribution is -0.122. The van der Waals surface area contributed by atoms with Crippen molar-refractivity contribution in [2.75, 3.05) is 31.6 Å². The van der Waals surface area contributed by atoms with Crippen LogP contribution in [0.2, 0.25) is 0 Å². The van der Waals surface area contributed by atoms with Gasteiger partial charge in [-0.05, 0) is 42.9 Å². The van der Waals surface area contributed by atoms with E-state index in [4.69, 9.17) is 0 Å². The molecule has 3 N–H and O–H groups in total. The van der Waals surface area contributed by atoms with E-state index in [1.54, 1.807) is 7.05 Å². The van der Waals surface area contributed by atoms with Gasteiger partial charge in [-0.3, -0.25) is 14.6 Å². The molecule has 1 aliphatic carbocycles. The third kappa shape index (κ3) is 8.31. The van der Waals surface area contributed by atoms with Gasteiger partial charge in [-0.1, -0.05) is 31.4 Å². The first-order chi connectivity index (χ1) is 14.7. The van der Waals surface area contributed by atoms with Crippen molar-refractivity contribution in [2.45, 2.75) is 57.9 Å². The quantitative estimate of drug-likeness (QED) is 0.204. The highest BCUT2D eigenvalue weighted by atomic mass is 127. The number of anilines is 1. The molecule has 3 rings (SSSR count). The van der Waals surface area contributed by atoms with E-state index in [1.807, 2.05) is 29.2 Å². The first-order valence-corrected chi connectivity index (χ1v) is 11.3. The number of guanidine groups is 1. The summed E-state index contributed by atoms with van der Waals surface area (Å²) in [6.07, 6.45) is 8.47. The Morgan fingerprint density at radius 1 is 1.03 bits per heavy atom. The number of benzene rings is 1. The SMILES string of the molecule is CN=C(NCCNC(=O)CC1CCCCC1)NCc1ccc(N2CCCC2=O)cc1.I. The maximum absolute atomic E-state index is 12.1. The smallest absolute Gasteiger partial charge is 0.227 e. The fraction of sp³-hybridized carbons (Fsp3) is 0.609. The van der Waals surface area contributed by atoms with Crippen LogP contribution in [-0.4, -0.2) is 44.5 Å². The molecule has 0 radical (unpaired) electrons. The summed E-state index contributed by atoms with van der Waals surface area (Å²) >= 11 is 0. The number of hydrogen-bond acceptors (Lipinski definition) is 3. The van der Waals surface area contributed by atoms with Gasteiger partial charge in [-0.25, -0.2) is 0 Å². The predicted octanol–water partition coefficient (Wildman–Crippen LogP) is 3.18. The number of halogens is 1. The molecular weight excluding hydrogens is 505 g/mol. The molecule has 0 atom stereocenters. The molecule has 2 amide bonds. The molecule has 0 bridgehead atoms. The molecule has 2 aliphatic rings. The molecular formula is C23H36IN5O2. The highest BCUT2D eigenvalue weighted by molar-refractivity contribution is 14.0. The molecule has 2 fully saturated rings. The number of aliphatic imine (C=N–C) groups is 1. The third-order valence-electron chi connectivity index (χ3n) is 5.94. The van der Waals surface area contributed by atoms with Crippen molar-refractivity contribution in [1.82, 2.24) is 16.0 Å². The van der Waals surface area contributed by atoms with Gasteiger partial charge in [0.2, 0.25) is 11.8 Å². The Labute approximate surface area is 202 Å². The molecule has 7 nitrogen and oxygen atoms in total. The normalized spacial score (nSPS) is 17.3. The number of hydrogen-bond donors (Lipinski definition) is 3. The van der Waals surface area contributed by atoms with E-state index in [0.29, 0.717) is 44.4 Å². The summed E-state index contributed by atoms with van der Waals surface area (Å²) in [6.45, 7) is 2.67. The average Bonchev–Trinajstić information content (AvgIpc) is 3.20. The summed E-state index contributed by atoms with van der Waals surface area (Å²) in [5, 5.41) is 9.52. The monoisotopic (exact) mass is 541 g/mol. The molecule has 0 unspecified atom stereocenters. The molecule has 172 valence electrons. The highest BCUT2D eigenvalue weighted by Gasteiger charge is 2.21. The third-order valence-corrected chi connectivity index (χ3v) is 5.94. The standard InChI is InChI=1S/C23H35N5O2.HI/c1-24-23(26-14-13-25-21(29)16-18-6-3-2-4-7-18)27-17-19-9-11-20(12-10-19)28-15-5-8-22(28)30;/h9-12,18H,2-8,13-17H2,1H3,(H,25,29)(H2,24,26,27);1H. The van der Waals surface area contributed by atoms with Crippen LogP contribution in [0.3, 0.4) is 0 Å². The summed E-state index contributed by atoms with van der Waals surface area (Å²) in [7, 11) is 1.74. The van der Waals surface area contributed by atoms with Gasteiger partial charge in [0.05, 0.1) is 0 Å². The van der Waals surface area contributed by atoms with Crippen LogP contribution in [0.5, 0.6) is 0 Å². The van der Waals surface area contributed by atoms with Crippen molar-refractivity contribution in [3.63, 3.8) is 0 Å². The molecule has 8 heteroatoms. The van der Waals surface area contributed by atoms with Crippen LogP contribution in [-0.2, 0) is 16.1 Å². The topological polar surface area (TPSA) is 85.8 Å². The van der Waals surface area contributed by atoms with Crippen molar-refractivity contribution in [3.05, 3.63) is 29.8 Å². The highest BCUT2D eigenvalue weighted by Crippen LogP contribution is 2.26. The zero-order valence-corrected chi connectivity index (χ0v) is 20.8. The molecule has 1 saturated heterocycles. The first kappa shape index (κ1) is 25.4. The zero-order valence-electron chi connectivity index (χ0n) is 18.5. The fourth-order valence-electron chi connectivity index (χ4n) is 4.23. The van der Waals surface area contributed by atoms with E-state index < -0.39 is 0 Å². The summed E-state index contributed by atoms with van der Waals surface area (Å²) in [4.78, 5) is 30.0.